The van der Waals surface area contributed by atoms with Crippen LogP contribution in [0.4, 0.5) is 5.69 Å². The lowest BCUT2D eigenvalue weighted by atomic mass is 9.97. The van der Waals surface area contributed by atoms with E-state index in [1.54, 1.807) is 24.3 Å². The number of aromatic nitrogens is 1. The lowest BCUT2D eigenvalue weighted by molar-refractivity contribution is -0.123. The number of aromatic amines is 1. The molecular weight excluding hydrogens is 368 g/mol. The van der Waals surface area contributed by atoms with Crippen LogP contribution in [-0.4, -0.2) is 23.0 Å². The number of para-hydroxylation sites is 2. The first-order valence-electron chi connectivity index (χ1n) is 9.63. The number of fused-ring (bicyclic) bond motifs is 1. The molecular formula is C23H24N2O4. The normalized spacial score (nSPS) is 12.9. The fourth-order valence-corrected chi connectivity index (χ4v) is 3.15. The van der Waals surface area contributed by atoms with Gasteiger partial charge in [0.15, 0.2) is 6.10 Å². The molecule has 2 N–H and O–H groups in total. The molecule has 1 aromatic heterocycles. The van der Waals surface area contributed by atoms with Gasteiger partial charge in [-0.1, -0.05) is 50.2 Å². The summed E-state index contributed by atoms with van der Waals surface area (Å²) in [7, 11) is 0. The minimum Gasteiger partial charge on any atom is -0.449 e. The average Bonchev–Trinajstić information content (AvgIpc) is 2.72. The summed E-state index contributed by atoms with van der Waals surface area (Å²) in [5.41, 5.74) is 1.99. The number of hydrogen-bond acceptors (Lipinski definition) is 4. The predicted molar refractivity (Wildman–Crippen MR) is 113 cm³/mol. The molecule has 29 heavy (non-hydrogen) atoms. The van der Waals surface area contributed by atoms with Gasteiger partial charge in [0, 0.05) is 22.7 Å². The highest BCUT2D eigenvalue weighted by Gasteiger charge is 2.22. The first-order chi connectivity index (χ1) is 13.9. The van der Waals surface area contributed by atoms with E-state index in [4.69, 9.17) is 4.74 Å². The number of carbonyl (C=O) groups is 2. The highest BCUT2D eigenvalue weighted by atomic mass is 16.5. The molecule has 0 spiro atoms. The molecule has 6 heteroatoms. The second kappa shape index (κ2) is 8.73. The molecule has 150 valence electrons. The predicted octanol–water partition coefficient (Wildman–Crippen LogP) is 4.23. The number of ether oxygens (including phenoxy) is 1. The number of H-pyrrole nitrogens is 1. The highest BCUT2D eigenvalue weighted by Crippen LogP contribution is 2.26. The van der Waals surface area contributed by atoms with E-state index < -0.39 is 23.5 Å². The number of anilines is 1. The van der Waals surface area contributed by atoms with Crippen molar-refractivity contribution in [2.24, 2.45) is 0 Å². The van der Waals surface area contributed by atoms with Crippen molar-refractivity contribution >= 4 is 28.5 Å². The smallest absolute Gasteiger partial charge is 0.339 e. The van der Waals surface area contributed by atoms with E-state index in [2.05, 4.69) is 24.1 Å². The molecule has 0 aliphatic heterocycles. The van der Waals surface area contributed by atoms with Gasteiger partial charge in [-0.25, -0.2) is 4.79 Å². The third kappa shape index (κ3) is 4.54. The monoisotopic (exact) mass is 392 g/mol. The van der Waals surface area contributed by atoms with E-state index in [-0.39, 0.29) is 11.5 Å². The molecule has 6 nitrogen and oxygen atoms in total. The Morgan fingerprint density at radius 1 is 1.07 bits per heavy atom. The largest absolute Gasteiger partial charge is 0.449 e. The number of nitrogens with one attached hydrogen (secondary N) is 2. The number of amides is 1. The Kier molecular flexibility index (Phi) is 6.12. The van der Waals surface area contributed by atoms with E-state index in [1.807, 2.05) is 24.3 Å². The van der Waals surface area contributed by atoms with E-state index in [1.165, 1.54) is 13.0 Å². The van der Waals surface area contributed by atoms with Crippen LogP contribution in [0.1, 0.15) is 49.0 Å². The van der Waals surface area contributed by atoms with Crippen LogP contribution in [0, 0.1) is 0 Å². The summed E-state index contributed by atoms with van der Waals surface area (Å²) in [5, 5.41) is 3.41. The minimum atomic E-state index is -1.02. The van der Waals surface area contributed by atoms with Gasteiger partial charge in [-0.3, -0.25) is 9.59 Å². The van der Waals surface area contributed by atoms with Crippen molar-refractivity contribution in [1.29, 1.82) is 0 Å². The maximum absolute atomic E-state index is 12.6. The Balaban J connectivity index is 1.78. The second-order valence-corrected chi connectivity index (χ2v) is 7.03. The molecule has 3 aromatic rings. The van der Waals surface area contributed by atoms with Crippen molar-refractivity contribution in [3.05, 3.63) is 76.1 Å². The number of rotatable bonds is 6. The molecule has 0 bridgehead atoms. The number of pyridine rings is 1. The minimum absolute atomic E-state index is 0.129. The Morgan fingerprint density at radius 3 is 2.52 bits per heavy atom. The zero-order valence-corrected chi connectivity index (χ0v) is 16.7. The molecule has 0 saturated carbocycles. The molecule has 0 aliphatic rings. The standard InChI is InChI=1S/C23H24N2O4/c1-4-14(2)16-9-5-7-11-19(16)25-22(27)15(3)29-23(28)18-13-21(26)24-20-12-8-6-10-17(18)20/h5-15H,4H2,1-3H3,(H,24,26)(H,25,27). The van der Waals surface area contributed by atoms with Gasteiger partial charge in [0.1, 0.15) is 0 Å². The molecule has 3 rings (SSSR count). The molecule has 0 saturated heterocycles. The van der Waals surface area contributed by atoms with Crippen LogP contribution >= 0.6 is 0 Å². The zero-order valence-electron chi connectivity index (χ0n) is 16.7. The van der Waals surface area contributed by atoms with Gasteiger partial charge in [-0.05, 0) is 37.0 Å². The van der Waals surface area contributed by atoms with Crippen molar-refractivity contribution in [3.8, 4) is 0 Å². The summed E-state index contributed by atoms with van der Waals surface area (Å²) in [4.78, 5) is 39.8. The molecule has 1 amide bonds. The Labute approximate surface area is 168 Å². The molecule has 2 aromatic carbocycles. The fraction of sp³-hybridized carbons (Fsp3) is 0.261. The van der Waals surface area contributed by atoms with Gasteiger partial charge >= 0.3 is 5.97 Å². The van der Waals surface area contributed by atoms with Crippen molar-refractivity contribution in [2.45, 2.75) is 39.2 Å². The van der Waals surface area contributed by atoms with Crippen molar-refractivity contribution in [3.63, 3.8) is 0 Å². The van der Waals surface area contributed by atoms with E-state index >= 15 is 0 Å². The van der Waals surface area contributed by atoms with Crippen molar-refractivity contribution in [1.82, 2.24) is 4.98 Å². The molecule has 1 heterocycles. The van der Waals surface area contributed by atoms with Crippen LogP contribution in [0.2, 0.25) is 0 Å². The maximum atomic E-state index is 12.6. The third-order valence-electron chi connectivity index (χ3n) is 4.99. The maximum Gasteiger partial charge on any atom is 0.339 e. The number of esters is 1. The molecule has 2 atom stereocenters. The van der Waals surface area contributed by atoms with Crippen molar-refractivity contribution < 1.29 is 14.3 Å². The van der Waals surface area contributed by atoms with Crippen LogP contribution < -0.4 is 10.9 Å². The summed E-state index contributed by atoms with van der Waals surface area (Å²) in [5.74, 6) is -0.861. The SMILES string of the molecule is CCC(C)c1ccccc1NC(=O)C(C)OC(=O)c1cc(=O)[nH]c2ccccc12. The van der Waals surface area contributed by atoms with Gasteiger partial charge in [-0.15, -0.1) is 0 Å². The summed E-state index contributed by atoms with van der Waals surface area (Å²) in [6.07, 6.45) is -0.0851. The van der Waals surface area contributed by atoms with Gasteiger partial charge in [0.25, 0.3) is 5.91 Å². The zero-order chi connectivity index (χ0) is 21.0. The van der Waals surface area contributed by atoms with E-state index in [9.17, 15) is 14.4 Å². The summed E-state index contributed by atoms with van der Waals surface area (Å²) < 4.78 is 5.36. The van der Waals surface area contributed by atoms with E-state index in [0.717, 1.165) is 12.0 Å². The van der Waals surface area contributed by atoms with Crippen LogP contribution in [-0.2, 0) is 9.53 Å². The Morgan fingerprint density at radius 2 is 1.76 bits per heavy atom. The van der Waals surface area contributed by atoms with Gasteiger partial charge in [0.2, 0.25) is 5.56 Å². The molecule has 0 fully saturated rings. The Bertz CT molecular complexity index is 1100. The lowest BCUT2D eigenvalue weighted by Gasteiger charge is -2.18. The topological polar surface area (TPSA) is 88.3 Å². The van der Waals surface area contributed by atoms with E-state index in [0.29, 0.717) is 16.6 Å². The fourth-order valence-electron chi connectivity index (χ4n) is 3.15. The summed E-state index contributed by atoms with van der Waals surface area (Å²) >= 11 is 0. The van der Waals surface area contributed by atoms with Crippen molar-refractivity contribution in [2.75, 3.05) is 5.32 Å². The van der Waals surface area contributed by atoms with Crippen LogP contribution in [0.5, 0.6) is 0 Å². The lowest BCUT2D eigenvalue weighted by Crippen LogP contribution is -2.30. The number of benzene rings is 2. The summed E-state index contributed by atoms with van der Waals surface area (Å²) in [6.45, 7) is 5.68. The highest BCUT2D eigenvalue weighted by molar-refractivity contribution is 6.04. The molecule has 0 aliphatic carbocycles. The number of hydrogen-bond donors (Lipinski definition) is 2. The van der Waals surface area contributed by atoms with Gasteiger partial charge < -0.3 is 15.0 Å². The second-order valence-electron chi connectivity index (χ2n) is 7.03. The quantitative estimate of drug-likeness (QED) is 0.615. The average molecular weight is 392 g/mol. The first-order valence-corrected chi connectivity index (χ1v) is 9.63. The molecule has 2 unspecified atom stereocenters. The van der Waals surface area contributed by atoms with Crippen LogP contribution in [0.3, 0.4) is 0 Å². The molecule has 0 radical (unpaired) electrons. The Hall–Kier alpha value is -3.41. The van der Waals surface area contributed by atoms with Gasteiger partial charge in [0.05, 0.1) is 5.56 Å². The first kappa shape index (κ1) is 20.3. The number of carbonyl (C=O) groups excluding carboxylic acids is 2. The van der Waals surface area contributed by atoms with Gasteiger partial charge in [-0.2, -0.15) is 0 Å². The summed E-state index contributed by atoms with van der Waals surface area (Å²) in [6, 6.07) is 15.7. The third-order valence-corrected chi connectivity index (χ3v) is 4.99. The van der Waals surface area contributed by atoms with Crippen LogP contribution in [0.15, 0.2) is 59.4 Å². The van der Waals surface area contributed by atoms with Crippen LogP contribution in [0.25, 0.3) is 10.9 Å².